The van der Waals surface area contributed by atoms with Crippen molar-refractivity contribution in [2.45, 2.75) is 59.3 Å². The second kappa shape index (κ2) is 3.50. The summed E-state index contributed by atoms with van der Waals surface area (Å²) < 4.78 is 0. The molecule has 0 amide bonds. The van der Waals surface area contributed by atoms with Crippen molar-refractivity contribution in [2.24, 2.45) is 10.8 Å². The maximum atomic E-state index is 4.33. The van der Waals surface area contributed by atoms with Crippen LogP contribution in [0.1, 0.15) is 59.3 Å². The summed E-state index contributed by atoms with van der Waals surface area (Å²) in [6.07, 6.45) is 10.3. The van der Waals surface area contributed by atoms with Gasteiger partial charge in [0.25, 0.3) is 0 Å². The molecule has 0 aromatic rings. The zero-order valence-electron chi connectivity index (χ0n) is 10.5. The summed E-state index contributed by atoms with van der Waals surface area (Å²) in [7, 11) is 0. The van der Waals surface area contributed by atoms with Gasteiger partial charge in [-0.3, -0.25) is 0 Å². The molecule has 0 bridgehead atoms. The monoisotopic (exact) mass is 204 g/mol. The normalized spacial score (nSPS) is 41.8. The van der Waals surface area contributed by atoms with Gasteiger partial charge in [0.05, 0.1) is 0 Å². The van der Waals surface area contributed by atoms with Crippen LogP contribution in [-0.4, -0.2) is 0 Å². The van der Waals surface area contributed by atoms with E-state index >= 15 is 0 Å². The van der Waals surface area contributed by atoms with Crippen molar-refractivity contribution in [3.05, 3.63) is 23.8 Å². The highest BCUT2D eigenvalue weighted by Gasteiger charge is 2.47. The van der Waals surface area contributed by atoms with Gasteiger partial charge in [0.1, 0.15) is 0 Å². The largest absolute Gasteiger partial charge is 0.0993 e. The maximum Gasteiger partial charge on any atom is -0.00621 e. The molecular weight excluding hydrogens is 180 g/mol. The van der Waals surface area contributed by atoms with Crippen molar-refractivity contribution < 1.29 is 0 Å². The first kappa shape index (κ1) is 11.0. The highest BCUT2D eigenvalue weighted by molar-refractivity contribution is 5.22. The Bertz CT molecular complexity index is 310. The predicted molar refractivity (Wildman–Crippen MR) is 66.8 cm³/mol. The fourth-order valence-electron chi connectivity index (χ4n) is 3.41. The minimum atomic E-state index is 0.407. The molecule has 2 aliphatic rings. The Hall–Kier alpha value is -0.520. The molecular formula is C15H24. The lowest BCUT2D eigenvalue weighted by atomic mass is 9.57. The molecule has 0 unspecified atom stereocenters. The lowest BCUT2D eigenvalue weighted by Crippen LogP contribution is -2.37. The minimum Gasteiger partial charge on any atom is -0.0993 e. The molecule has 0 heteroatoms. The van der Waals surface area contributed by atoms with E-state index in [0.29, 0.717) is 10.8 Å². The van der Waals surface area contributed by atoms with E-state index in [1.807, 2.05) is 0 Å². The summed E-state index contributed by atoms with van der Waals surface area (Å²) >= 11 is 0. The summed E-state index contributed by atoms with van der Waals surface area (Å²) in [5.41, 5.74) is 3.97. The Kier molecular flexibility index (Phi) is 2.56. The van der Waals surface area contributed by atoms with Gasteiger partial charge in [0.2, 0.25) is 0 Å². The van der Waals surface area contributed by atoms with Crippen LogP contribution in [0, 0.1) is 10.8 Å². The molecule has 15 heavy (non-hydrogen) atoms. The third-order valence-electron chi connectivity index (χ3n) is 5.24. The number of allylic oxidation sites excluding steroid dienone is 3. The predicted octanol–water partition coefficient (Wildman–Crippen LogP) is 4.87. The first-order valence-corrected chi connectivity index (χ1v) is 6.32. The zero-order chi connectivity index (χ0) is 11.1. The average Bonchev–Trinajstić information content (AvgIpc) is 2.54. The number of hydrogen-bond acceptors (Lipinski definition) is 0. The first-order chi connectivity index (χ1) is 6.98. The third kappa shape index (κ3) is 1.58. The maximum absolute atomic E-state index is 4.33. The molecule has 2 atom stereocenters. The molecule has 2 rings (SSSR count). The summed E-state index contributed by atoms with van der Waals surface area (Å²) in [6.45, 7) is 11.5. The Balaban J connectivity index is 2.26. The van der Waals surface area contributed by atoms with Crippen molar-refractivity contribution >= 4 is 0 Å². The average molecular weight is 204 g/mol. The highest BCUT2D eigenvalue weighted by atomic mass is 14.5. The molecule has 0 heterocycles. The van der Waals surface area contributed by atoms with Crippen LogP contribution < -0.4 is 0 Å². The zero-order valence-corrected chi connectivity index (χ0v) is 10.5. The second-order valence-electron chi connectivity index (χ2n) is 6.10. The first-order valence-electron chi connectivity index (χ1n) is 6.32. The van der Waals surface area contributed by atoms with Crippen LogP contribution in [0.2, 0.25) is 0 Å². The molecule has 0 nitrogen and oxygen atoms in total. The van der Waals surface area contributed by atoms with Crippen molar-refractivity contribution in [1.29, 1.82) is 0 Å². The van der Waals surface area contributed by atoms with Crippen molar-refractivity contribution in [2.75, 3.05) is 0 Å². The van der Waals surface area contributed by atoms with Gasteiger partial charge < -0.3 is 0 Å². The van der Waals surface area contributed by atoms with E-state index in [1.165, 1.54) is 44.1 Å². The second-order valence-corrected chi connectivity index (χ2v) is 6.10. The third-order valence-corrected chi connectivity index (χ3v) is 5.24. The molecule has 2 aliphatic carbocycles. The van der Waals surface area contributed by atoms with Crippen LogP contribution in [0.4, 0.5) is 0 Å². The van der Waals surface area contributed by atoms with E-state index in [-0.39, 0.29) is 0 Å². The fourth-order valence-corrected chi connectivity index (χ4v) is 3.41. The molecule has 0 aromatic heterocycles. The summed E-state index contributed by atoms with van der Waals surface area (Å²) in [4.78, 5) is 0. The van der Waals surface area contributed by atoms with E-state index in [4.69, 9.17) is 0 Å². The van der Waals surface area contributed by atoms with E-state index in [0.717, 1.165) is 0 Å². The molecule has 0 saturated heterocycles. The van der Waals surface area contributed by atoms with Crippen LogP contribution in [0.5, 0.6) is 0 Å². The summed E-state index contributed by atoms with van der Waals surface area (Å²) in [6, 6.07) is 0. The van der Waals surface area contributed by atoms with E-state index in [1.54, 1.807) is 5.57 Å². The molecule has 0 aromatic carbocycles. The summed E-state index contributed by atoms with van der Waals surface area (Å²) in [5.74, 6) is 0. The van der Waals surface area contributed by atoms with E-state index < -0.39 is 0 Å². The van der Waals surface area contributed by atoms with Gasteiger partial charge in [-0.15, -0.1) is 0 Å². The van der Waals surface area contributed by atoms with E-state index in [2.05, 4.69) is 33.4 Å². The van der Waals surface area contributed by atoms with Gasteiger partial charge in [0.15, 0.2) is 0 Å². The van der Waals surface area contributed by atoms with Gasteiger partial charge in [-0.2, -0.15) is 0 Å². The fraction of sp³-hybridized carbons (Fsp3) is 0.733. The minimum absolute atomic E-state index is 0.407. The van der Waals surface area contributed by atoms with Gasteiger partial charge in [-0.05, 0) is 56.3 Å². The van der Waals surface area contributed by atoms with Crippen LogP contribution >= 0.6 is 0 Å². The lowest BCUT2D eigenvalue weighted by Gasteiger charge is -2.47. The Labute approximate surface area is 94.5 Å². The topological polar surface area (TPSA) is 0 Å². The number of rotatable bonds is 1. The smallest absolute Gasteiger partial charge is 0.00621 e. The Morgan fingerprint density at radius 1 is 1.20 bits per heavy atom. The molecule has 1 saturated carbocycles. The van der Waals surface area contributed by atoms with Crippen molar-refractivity contribution in [3.63, 3.8) is 0 Å². The summed E-state index contributed by atoms with van der Waals surface area (Å²) in [5, 5.41) is 0. The van der Waals surface area contributed by atoms with E-state index in [9.17, 15) is 0 Å². The molecule has 0 spiro atoms. The van der Waals surface area contributed by atoms with Crippen LogP contribution in [0.3, 0.4) is 0 Å². The van der Waals surface area contributed by atoms with Crippen LogP contribution in [0.25, 0.3) is 0 Å². The van der Waals surface area contributed by atoms with Gasteiger partial charge >= 0.3 is 0 Å². The standard InChI is InChI=1S/C15H24/c1-12-7-10-14(3,11-8-12)15(4)9-5-6-13(15)2/h7H,2,5-6,8-11H2,1,3-4H3/t14-,15-/m1/s1. The SMILES string of the molecule is C=C1CCC[C@@]1(C)[C@]1(C)CC=C(C)CC1. The molecule has 0 aliphatic heterocycles. The molecule has 0 radical (unpaired) electrons. The van der Waals surface area contributed by atoms with Crippen LogP contribution in [0.15, 0.2) is 23.8 Å². The quantitative estimate of drug-likeness (QED) is 0.535. The molecule has 0 N–H and O–H groups in total. The lowest BCUT2D eigenvalue weighted by molar-refractivity contribution is 0.0986. The van der Waals surface area contributed by atoms with Gasteiger partial charge in [0, 0.05) is 0 Å². The van der Waals surface area contributed by atoms with Crippen molar-refractivity contribution in [1.82, 2.24) is 0 Å². The molecule has 84 valence electrons. The van der Waals surface area contributed by atoms with Gasteiger partial charge in [-0.25, -0.2) is 0 Å². The Morgan fingerprint density at radius 2 is 1.93 bits per heavy atom. The highest BCUT2D eigenvalue weighted by Crippen LogP contribution is 2.58. The Morgan fingerprint density at radius 3 is 2.40 bits per heavy atom. The number of hydrogen-bond donors (Lipinski definition) is 0. The molecule has 1 fully saturated rings. The van der Waals surface area contributed by atoms with Crippen LogP contribution in [-0.2, 0) is 0 Å². The van der Waals surface area contributed by atoms with Crippen molar-refractivity contribution in [3.8, 4) is 0 Å². The van der Waals surface area contributed by atoms with Gasteiger partial charge in [-0.1, -0.05) is 37.6 Å².